The van der Waals surface area contributed by atoms with E-state index < -0.39 is 0 Å². The van der Waals surface area contributed by atoms with Crippen LogP contribution in [0.25, 0.3) is 0 Å². The Balaban J connectivity index is 1.89. The van der Waals surface area contributed by atoms with E-state index in [9.17, 15) is 9.59 Å². The maximum absolute atomic E-state index is 12.6. The van der Waals surface area contributed by atoms with Gasteiger partial charge in [-0.1, -0.05) is 12.1 Å². The van der Waals surface area contributed by atoms with Crippen molar-refractivity contribution in [3.8, 4) is 0 Å². The van der Waals surface area contributed by atoms with Crippen LogP contribution in [-0.4, -0.2) is 28.5 Å². The molecule has 1 aromatic carbocycles. The van der Waals surface area contributed by atoms with Crippen LogP contribution >= 0.6 is 0 Å². The lowest BCUT2D eigenvalue weighted by Gasteiger charge is -2.20. The van der Waals surface area contributed by atoms with E-state index in [2.05, 4.69) is 15.3 Å². The molecule has 1 aliphatic rings. The SMILES string of the molecule is Cc1cccc(N2C[C@H](c3cc(=O)[nH]c(NC(C)C)n3)CC2=O)c1C. The van der Waals surface area contributed by atoms with Gasteiger partial charge in [-0.05, 0) is 44.9 Å². The van der Waals surface area contributed by atoms with E-state index in [0.29, 0.717) is 24.6 Å². The largest absolute Gasteiger partial charge is 0.354 e. The fourth-order valence-corrected chi connectivity index (χ4v) is 3.19. The van der Waals surface area contributed by atoms with Gasteiger partial charge < -0.3 is 10.2 Å². The molecule has 25 heavy (non-hydrogen) atoms. The van der Waals surface area contributed by atoms with Gasteiger partial charge in [0.25, 0.3) is 5.56 Å². The van der Waals surface area contributed by atoms with Crippen LogP contribution in [0.5, 0.6) is 0 Å². The molecule has 1 atom stereocenters. The lowest BCUT2D eigenvalue weighted by Crippen LogP contribution is -2.25. The first-order valence-electron chi connectivity index (χ1n) is 8.59. The summed E-state index contributed by atoms with van der Waals surface area (Å²) in [6, 6.07) is 7.64. The predicted molar refractivity (Wildman–Crippen MR) is 99.2 cm³/mol. The lowest BCUT2D eigenvalue weighted by atomic mass is 10.0. The fourth-order valence-electron chi connectivity index (χ4n) is 3.19. The maximum atomic E-state index is 12.6. The number of hydrogen-bond acceptors (Lipinski definition) is 4. The van der Waals surface area contributed by atoms with Gasteiger partial charge in [0.1, 0.15) is 0 Å². The van der Waals surface area contributed by atoms with E-state index in [0.717, 1.165) is 16.8 Å². The van der Waals surface area contributed by atoms with Gasteiger partial charge in [0, 0.05) is 36.7 Å². The Kier molecular flexibility index (Phi) is 4.61. The average molecular weight is 340 g/mol. The third kappa shape index (κ3) is 3.57. The van der Waals surface area contributed by atoms with Crippen LogP contribution in [-0.2, 0) is 4.79 Å². The highest BCUT2D eigenvalue weighted by molar-refractivity contribution is 5.97. The van der Waals surface area contributed by atoms with E-state index in [1.165, 1.54) is 6.07 Å². The number of nitrogens with zero attached hydrogens (tertiary/aromatic N) is 2. The topological polar surface area (TPSA) is 78.1 Å². The van der Waals surface area contributed by atoms with Crippen LogP contribution in [0.2, 0.25) is 0 Å². The highest BCUT2D eigenvalue weighted by Crippen LogP contribution is 2.33. The summed E-state index contributed by atoms with van der Waals surface area (Å²) in [6.07, 6.45) is 0.366. The number of aryl methyl sites for hydroxylation is 1. The number of anilines is 2. The number of benzene rings is 1. The molecule has 2 heterocycles. The molecule has 0 unspecified atom stereocenters. The maximum Gasteiger partial charge on any atom is 0.252 e. The number of carbonyl (C=O) groups is 1. The van der Waals surface area contributed by atoms with Gasteiger partial charge in [-0.25, -0.2) is 4.98 Å². The first kappa shape index (κ1) is 17.2. The minimum absolute atomic E-state index is 0.0687. The molecule has 1 fully saturated rings. The van der Waals surface area contributed by atoms with Gasteiger partial charge in [0.05, 0.1) is 5.69 Å². The number of rotatable bonds is 4. The van der Waals surface area contributed by atoms with Crippen molar-refractivity contribution in [1.82, 2.24) is 9.97 Å². The van der Waals surface area contributed by atoms with Gasteiger partial charge in [0.15, 0.2) is 0 Å². The summed E-state index contributed by atoms with van der Waals surface area (Å²) in [5.74, 6) is 0.441. The van der Waals surface area contributed by atoms with Crippen molar-refractivity contribution in [3.05, 3.63) is 51.4 Å². The molecule has 1 aliphatic heterocycles. The summed E-state index contributed by atoms with van der Waals surface area (Å²) in [7, 11) is 0. The smallest absolute Gasteiger partial charge is 0.252 e. The molecule has 0 spiro atoms. The van der Waals surface area contributed by atoms with Crippen molar-refractivity contribution in [1.29, 1.82) is 0 Å². The van der Waals surface area contributed by atoms with E-state index in [1.807, 2.05) is 50.8 Å². The number of carbonyl (C=O) groups excluding carboxylic acids is 1. The zero-order valence-electron chi connectivity index (χ0n) is 15.1. The van der Waals surface area contributed by atoms with Crippen molar-refractivity contribution in [2.75, 3.05) is 16.8 Å². The van der Waals surface area contributed by atoms with Gasteiger partial charge >= 0.3 is 0 Å². The van der Waals surface area contributed by atoms with Crippen molar-refractivity contribution in [2.45, 2.75) is 46.1 Å². The summed E-state index contributed by atoms with van der Waals surface area (Å²) in [4.78, 5) is 33.5. The normalized spacial score (nSPS) is 17.4. The van der Waals surface area contributed by atoms with Crippen LogP contribution < -0.4 is 15.8 Å². The first-order valence-corrected chi connectivity index (χ1v) is 8.59. The van der Waals surface area contributed by atoms with Gasteiger partial charge in [0.2, 0.25) is 11.9 Å². The quantitative estimate of drug-likeness (QED) is 0.897. The molecule has 6 heteroatoms. The Morgan fingerprint density at radius 1 is 1.28 bits per heavy atom. The summed E-state index contributed by atoms with van der Waals surface area (Å²) >= 11 is 0. The van der Waals surface area contributed by atoms with Crippen molar-refractivity contribution in [3.63, 3.8) is 0 Å². The molecule has 132 valence electrons. The van der Waals surface area contributed by atoms with E-state index >= 15 is 0 Å². The molecular formula is C19H24N4O2. The number of hydrogen-bond donors (Lipinski definition) is 2. The van der Waals surface area contributed by atoms with Crippen LogP contribution in [0.1, 0.15) is 43.0 Å². The van der Waals surface area contributed by atoms with Crippen LogP contribution in [0.3, 0.4) is 0 Å². The zero-order valence-corrected chi connectivity index (χ0v) is 15.1. The Bertz CT molecular complexity index is 857. The monoisotopic (exact) mass is 340 g/mol. The third-order valence-electron chi connectivity index (χ3n) is 4.60. The molecule has 0 saturated carbocycles. The molecule has 0 aliphatic carbocycles. The van der Waals surface area contributed by atoms with Gasteiger partial charge in [-0.15, -0.1) is 0 Å². The summed E-state index contributed by atoms with van der Waals surface area (Å²) in [5, 5.41) is 3.11. The second-order valence-corrected chi connectivity index (χ2v) is 6.94. The van der Waals surface area contributed by atoms with Gasteiger partial charge in [-0.2, -0.15) is 0 Å². The summed E-state index contributed by atoms with van der Waals surface area (Å²) in [6.45, 7) is 8.57. The van der Waals surface area contributed by atoms with E-state index in [1.54, 1.807) is 0 Å². The average Bonchev–Trinajstić information content (AvgIpc) is 2.90. The molecule has 0 radical (unpaired) electrons. The van der Waals surface area contributed by atoms with Crippen LogP contribution in [0, 0.1) is 13.8 Å². The Morgan fingerprint density at radius 2 is 2.04 bits per heavy atom. The minimum Gasteiger partial charge on any atom is -0.354 e. The molecule has 0 bridgehead atoms. The van der Waals surface area contributed by atoms with Crippen LogP contribution in [0.4, 0.5) is 11.6 Å². The molecule has 1 amide bonds. The number of aromatic amines is 1. The molecule has 2 aromatic rings. The number of H-pyrrole nitrogens is 1. The standard InChI is InChI=1S/C19H24N4O2/c1-11(2)20-19-21-15(9-17(24)22-19)14-8-18(25)23(10-14)16-7-5-6-12(3)13(16)4/h5-7,9,11,14H,8,10H2,1-4H3,(H2,20,21,22,24)/t14-/m1/s1. The zero-order chi connectivity index (χ0) is 18.1. The van der Waals surface area contributed by atoms with E-state index in [-0.39, 0.29) is 23.4 Å². The Labute approximate surface area is 147 Å². The number of amides is 1. The third-order valence-corrected chi connectivity index (χ3v) is 4.60. The van der Waals surface area contributed by atoms with E-state index in [4.69, 9.17) is 0 Å². The Morgan fingerprint density at radius 3 is 2.76 bits per heavy atom. The summed E-state index contributed by atoms with van der Waals surface area (Å²) in [5.41, 5.74) is 3.67. The molecule has 2 N–H and O–H groups in total. The predicted octanol–water partition coefficient (Wildman–Crippen LogP) is 2.73. The lowest BCUT2D eigenvalue weighted by molar-refractivity contribution is -0.117. The van der Waals surface area contributed by atoms with Crippen molar-refractivity contribution in [2.24, 2.45) is 0 Å². The highest BCUT2D eigenvalue weighted by Gasteiger charge is 2.33. The second-order valence-electron chi connectivity index (χ2n) is 6.94. The second kappa shape index (κ2) is 6.70. The van der Waals surface area contributed by atoms with Crippen molar-refractivity contribution < 1.29 is 4.79 Å². The fraction of sp³-hybridized carbons (Fsp3) is 0.421. The summed E-state index contributed by atoms with van der Waals surface area (Å²) < 4.78 is 0. The highest BCUT2D eigenvalue weighted by atomic mass is 16.2. The molecule has 6 nitrogen and oxygen atoms in total. The first-order chi connectivity index (χ1) is 11.8. The molecule has 3 rings (SSSR count). The van der Waals surface area contributed by atoms with Crippen molar-refractivity contribution >= 4 is 17.5 Å². The van der Waals surface area contributed by atoms with Gasteiger partial charge in [-0.3, -0.25) is 14.6 Å². The number of aromatic nitrogens is 2. The molecule has 1 aromatic heterocycles. The van der Waals surface area contributed by atoms with Crippen LogP contribution in [0.15, 0.2) is 29.1 Å². The molecule has 1 saturated heterocycles. The minimum atomic E-state index is -0.203. The number of nitrogens with one attached hydrogen (secondary N) is 2. The molecular weight excluding hydrogens is 316 g/mol. The Hall–Kier alpha value is -2.63.